The van der Waals surface area contributed by atoms with Gasteiger partial charge in [-0.3, -0.25) is 4.79 Å². The average molecular weight is 372 g/mol. The zero-order valence-corrected chi connectivity index (χ0v) is 15.9. The van der Waals surface area contributed by atoms with Gasteiger partial charge < -0.3 is 14.8 Å². The number of rotatable bonds is 6. The standard InChI is InChI=1S/C24H23NO3/c1-17(19-11-5-3-6-12-19)25(18(2)20-13-7-4-8-14-20)23(26)21-15-9-10-16-22(21)24(27)28/h3-18H,1-2H3,(H,27,28)/p-1/t17-,18-/m0/s1. The van der Waals surface area contributed by atoms with Crippen LogP contribution in [0.1, 0.15) is 57.8 Å². The molecule has 1 amide bonds. The van der Waals surface area contributed by atoms with Crippen LogP contribution < -0.4 is 5.11 Å². The van der Waals surface area contributed by atoms with E-state index in [9.17, 15) is 14.7 Å². The predicted molar refractivity (Wildman–Crippen MR) is 107 cm³/mol. The molecule has 0 spiro atoms. The van der Waals surface area contributed by atoms with E-state index >= 15 is 0 Å². The van der Waals surface area contributed by atoms with Crippen LogP contribution in [0.15, 0.2) is 84.9 Å². The van der Waals surface area contributed by atoms with Crippen molar-refractivity contribution in [1.82, 2.24) is 4.90 Å². The summed E-state index contributed by atoms with van der Waals surface area (Å²) in [5.41, 5.74) is 1.99. The molecule has 0 radical (unpaired) electrons. The fourth-order valence-electron chi connectivity index (χ4n) is 3.46. The van der Waals surface area contributed by atoms with Crippen LogP contribution in [0.25, 0.3) is 0 Å². The number of amides is 1. The van der Waals surface area contributed by atoms with Crippen molar-refractivity contribution in [2.24, 2.45) is 0 Å². The number of carbonyl (C=O) groups is 2. The van der Waals surface area contributed by atoms with Crippen molar-refractivity contribution in [3.05, 3.63) is 107 Å². The van der Waals surface area contributed by atoms with Crippen LogP contribution in [0.5, 0.6) is 0 Å². The highest BCUT2D eigenvalue weighted by Gasteiger charge is 2.29. The monoisotopic (exact) mass is 372 g/mol. The molecular formula is C24H22NO3-. The van der Waals surface area contributed by atoms with Gasteiger partial charge in [0.15, 0.2) is 0 Å². The van der Waals surface area contributed by atoms with E-state index in [1.165, 1.54) is 12.1 Å². The van der Waals surface area contributed by atoms with E-state index in [2.05, 4.69) is 0 Å². The van der Waals surface area contributed by atoms with Gasteiger partial charge in [0.1, 0.15) is 0 Å². The third-order valence-electron chi connectivity index (χ3n) is 5.01. The van der Waals surface area contributed by atoms with Crippen molar-refractivity contribution in [1.29, 1.82) is 0 Å². The molecule has 0 unspecified atom stereocenters. The minimum Gasteiger partial charge on any atom is -0.545 e. The van der Waals surface area contributed by atoms with Crippen molar-refractivity contribution in [2.75, 3.05) is 0 Å². The van der Waals surface area contributed by atoms with Crippen LogP contribution >= 0.6 is 0 Å². The highest BCUT2D eigenvalue weighted by atomic mass is 16.4. The Balaban J connectivity index is 2.08. The molecule has 0 saturated carbocycles. The van der Waals surface area contributed by atoms with Crippen LogP contribution in [-0.2, 0) is 0 Å². The van der Waals surface area contributed by atoms with Crippen molar-refractivity contribution in [2.45, 2.75) is 25.9 Å². The summed E-state index contributed by atoms with van der Waals surface area (Å²) in [5, 5.41) is 11.5. The quantitative estimate of drug-likeness (QED) is 0.657. The van der Waals surface area contributed by atoms with Crippen LogP contribution in [0, 0.1) is 0 Å². The van der Waals surface area contributed by atoms with E-state index in [1.54, 1.807) is 17.0 Å². The molecule has 3 aromatic rings. The molecule has 2 atom stereocenters. The third kappa shape index (κ3) is 3.96. The van der Waals surface area contributed by atoms with Gasteiger partial charge >= 0.3 is 0 Å². The van der Waals surface area contributed by atoms with Gasteiger partial charge in [-0.05, 0) is 31.0 Å². The number of benzene rings is 3. The smallest absolute Gasteiger partial charge is 0.255 e. The number of aromatic carboxylic acids is 1. The molecule has 4 nitrogen and oxygen atoms in total. The van der Waals surface area contributed by atoms with Gasteiger partial charge in [-0.1, -0.05) is 78.9 Å². The third-order valence-corrected chi connectivity index (χ3v) is 5.01. The van der Waals surface area contributed by atoms with E-state index in [-0.39, 0.29) is 29.1 Å². The first-order chi connectivity index (χ1) is 13.5. The molecule has 0 N–H and O–H groups in total. The van der Waals surface area contributed by atoms with Gasteiger partial charge in [0.05, 0.1) is 18.1 Å². The van der Waals surface area contributed by atoms with Crippen molar-refractivity contribution in [3.63, 3.8) is 0 Å². The molecule has 0 fully saturated rings. The second kappa shape index (κ2) is 8.53. The van der Waals surface area contributed by atoms with E-state index in [0.717, 1.165) is 11.1 Å². The molecular weight excluding hydrogens is 350 g/mol. The molecule has 3 rings (SSSR count). The predicted octanol–water partition coefficient (Wildman–Crippen LogP) is 4.01. The van der Waals surface area contributed by atoms with Gasteiger partial charge in [0, 0.05) is 11.1 Å². The van der Waals surface area contributed by atoms with Gasteiger partial charge in [-0.15, -0.1) is 0 Å². The van der Waals surface area contributed by atoms with Gasteiger partial charge in [0.25, 0.3) is 5.91 Å². The van der Waals surface area contributed by atoms with Crippen LogP contribution in [0.2, 0.25) is 0 Å². The number of carbonyl (C=O) groups excluding carboxylic acids is 2. The summed E-state index contributed by atoms with van der Waals surface area (Å²) in [4.78, 5) is 26.8. The first-order valence-electron chi connectivity index (χ1n) is 9.23. The van der Waals surface area contributed by atoms with Gasteiger partial charge in [-0.2, -0.15) is 0 Å². The Morgan fingerprint density at radius 2 is 1.07 bits per heavy atom. The molecule has 0 aliphatic heterocycles. The lowest BCUT2D eigenvalue weighted by atomic mass is 9.98. The summed E-state index contributed by atoms with van der Waals surface area (Å²) in [6, 6.07) is 25.1. The molecule has 0 heterocycles. The first-order valence-corrected chi connectivity index (χ1v) is 9.23. The SMILES string of the molecule is C[C@@H](c1ccccc1)N(C(=O)c1ccccc1C(=O)[O-])[C@@H](C)c1ccccc1. The van der Waals surface area contributed by atoms with E-state index in [4.69, 9.17) is 0 Å². The summed E-state index contributed by atoms with van der Waals surface area (Å²) in [7, 11) is 0. The fourth-order valence-corrected chi connectivity index (χ4v) is 3.46. The molecule has 0 bridgehead atoms. The van der Waals surface area contributed by atoms with E-state index in [1.807, 2.05) is 74.5 Å². The van der Waals surface area contributed by atoms with Crippen molar-refractivity contribution < 1.29 is 14.7 Å². The highest BCUT2D eigenvalue weighted by molar-refractivity contribution is 6.04. The Morgan fingerprint density at radius 1 is 0.679 bits per heavy atom. The zero-order valence-electron chi connectivity index (χ0n) is 15.9. The zero-order chi connectivity index (χ0) is 20.1. The van der Waals surface area contributed by atoms with E-state index in [0.29, 0.717) is 0 Å². The summed E-state index contributed by atoms with van der Waals surface area (Å²) in [5.74, 6) is -1.70. The highest BCUT2D eigenvalue weighted by Crippen LogP contribution is 2.32. The minimum absolute atomic E-state index is 0.0991. The van der Waals surface area contributed by atoms with Crippen LogP contribution in [-0.4, -0.2) is 16.8 Å². The van der Waals surface area contributed by atoms with Gasteiger partial charge in [0.2, 0.25) is 0 Å². The fraction of sp³-hybridized carbons (Fsp3) is 0.167. The lowest BCUT2D eigenvalue weighted by Crippen LogP contribution is -2.37. The maximum atomic E-state index is 13.5. The summed E-state index contributed by atoms with van der Waals surface area (Å²) >= 11 is 0. The second-order valence-corrected chi connectivity index (χ2v) is 6.72. The first kappa shape index (κ1) is 19.4. The normalized spacial score (nSPS) is 12.8. The Morgan fingerprint density at radius 3 is 1.50 bits per heavy atom. The summed E-state index contributed by atoms with van der Waals surface area (Å²) in [6.45, 7) is 3.91. The summed E-state index contributed by atoms with van der Waals surface area (Å²) < 4.78 is 0. The molecule has 28 heavy (non-hydrogen) atoms. The lowest BCUT2D eigenvalue weighted by molar-refractivity contribution is -0.255. The Bertz CT molecular complexity index is 908. The largest absolute Gasteiger partial charge is 0.545 e. The minimum atomic E-state index is -1.36. The maximum absolute atomic E-state index is 13.5. The molecule has 0 aromatic heterocycles. The topological polar surface area (TPSA) is 60.4 Å². The molecule has 0 saturated heterocycles. The molecule has 3 aromatic carbocycles. The van der Waals surface area contributed by atoms with Crippen molar-refractivity contribution >= 4 is 11.9 Å². The Kier molecular flexibility index (Phi) is 5.90. The number of nitrogens with zero attached hydrogens (tertiary/aromatic N) is 1. The summed E-state index contributed by atoms with van der Waals surface area (Å²) in [6.07, 6.45) is 0. The molecule has 142 valence electrons. The number of hydrogen-bond donors (Lipinski definition) is 0. The lowest BCUT2D eigenvalue weighted by Gasteiger charge is -2.36. The Labute approximate surface area is 165 Å². The number of hydrogen-bond acceptors (Lipinski definition) is 3. The number of carboxylic acid groups (broad SMARTS) is 1. The van der Waals surface area contributed by atoms with Gasteiger partial charge in [-0.25, -0.2) is 0 Å². The van der Waals surface area contributed by atoms with Crippen molar-refractivity contribution in [3.8, 4) is 0 Å². The maximum Gasteiger partial charge on any atom is 0.255 e. The molecule has 0 aliphatic rings. The average Bonchev–Trinajstić information content (AvgIpc) is 2.74. The van der Waals surface area contributed by atoms with E-state index < -0.39 is 5.97 Å². The molecule has 0 aliphatic carbocycles. The number of carboxylic acids is 1. The molecule has 4 heteroatoms. The second-order valence-electron chi connectivity index (χ2n) is 6.72. The van der Waals surface area contributed by atoms with Crippen LogP contribution in [0.4, 0.5) is 0 Å². The Hall–Kier alpha value is -3.40. The van der Waals surface area contributed by atoms with Crippen LogP contribution in [0.3, 0.4) is 0 Å².